The Morgan fingerprint density at radius 3 is 2.41 bits per heavy atom. The summed E-state index contributed by atoms with van der Waals surface area (Å²) in [6.07, 6.45) is 8.58. The molecule has 1 saturated heterocycles. The Bertz CT molecular complexity index is 584. The van der Waals surface area contributed by atoms with Crippen LogP contribution in [0.4, 0.5) is 5.69 Å². The highest BCUT2D eigenvalue weighted by molar-refractivity contribution is 5.97. The molecule has 1 heterocycles. The third-order valence-corrected chi connectivity index (χ3v) is 5.56. The van der Waals surface area contributed by atoms with Crippen LogP contribution in [0.3, 0.4) is 0 Å². The van der Waals surface area contributed by atoms with Crippen LogP contribution < -0.4 is 10.1 Å². The van der Waals surface area contributed by atoms with Crippen LogP contribution in [0.25, 0.3) is 0 Å². The monoisotopic (exact) mass is 404 g/mol. The fraction of sp³-hybridized carbons (Fsp3) is 0.708. The number of ether oxygens (including phenoxy) is 2. The van der Waals surface area contributed by atoms with Gasteiger partial charge in [0.05, 0.1) is 6.61 Å². The first-order chi connectivity index (χ1) is 14.1. The van der Waals surface area contributed by atoms with Crippen molar-refractivity contribution in [1.29, 1.82) is 0 Å². The standard InChI is InChI=1S/C24H40N2O3/c1-4-6-7-15-24(3,29-19-5-2)23(27)25-21-11-13-22(14-12-21)28-20-10-18-26-16-8-9-17-26/h11-14H,4-10,15-20H2,1-3H3,(H,25,27)/t24-/m1/s1. The first-order valence-corrected chi connectivity index (χ1v) is 11.5. The van der Waals surface area contributed by atoms with E-state index in [1.165, 1.54) is 25.9 Å². The smallest absolute Gasteiger partial charge is 0.256 e. The van der Waals surface area contributed by atoms with Gasteiger partial charge in [0.1, 0.15) is 11.4 Å². The molecule has 0 unspecified atom stereocenters. The molecule has 164 valence electrons. The number of rotatable bonds is 14. The lowest BCUT2D eigenvalue weighted by atomic mass is 9.96. The Kier molecular flexibility index (Phi) is 10.5. The fourth-order valence-corrected chi connectivity index (χ4v) is 3.67. The van der Waals surface area contributed by atoms with Gasteiger partial charge < -0.3 is 19.7 Å². The lowest BCUT2D eigenvalue weighted by molar-refractivity contribution is -0.140. The molecule has 1 aromatic rings. The van der Waals surface area contributed by atoms with E-state index in [1.807, 2.05) is 31.2 Å². The second-order valence-electron chi connectivity index (χ2n) is 8.27. The summed E-state index contributed by atoms with van der Waals surface area (Å²) in [4.78, 5) is 15.4. The van der Waals surface area contributed by atoms with Gasteiger partial charge in [-0.1, -0.05) is 33.1 Å². The van der Waals surface area contributed by atoms with Gasteiger partial charge in [-0.2, -0.15) is 0 Å². The normalized spacial score (nSPS) is 16.5. The summed E-state index contributed by atoms with van der Waals surface area (Å²) >= 11 is 0. The van der Waals surface area contributed by atoms with Gasteiger partial charge in [-0.15, -0.1) is 0 Å². The molecule has 29 heavy (non-hydrogen) atoms. The summed E-state index contributed by atoms with van der Waals surface area (Å²) in [6, 6.07) is 7.65. The van der Waals surface area contributed by atoms with Crippen LogP contribution in [-0.2, 0) is 9.53 Å². The topological polar surface area (TPSA) is 50.8 Å². The van der Waals surface area contributed by atoms with E-state index < -0.39 is 5.60 Å². The van der Waals surface area contributed by atoms with Gasteiger partial charge in [-0.05, 0) is 76.4 Å². The molecule has 1 aliphatic rings. The number of carbonyl (C=O) groups excluding carboxylic acids is 1. The van der Waals surface area contributed by atoms with E-state index in [1.54, 1.807) is 0 Å². The maximum Gasteiger partial charge on any atom is 0.256 e. The molecule has 2 rings (SSSR count). The molecule has 1 amide bonds. The lowest BCUT2D eigenvalue weighted by Gasteiger charge is -2.28. The van der Waals surface area contributed by atoms with E-state index >= 15 is 0 Å². The minimum Gasteiger partial charge on any atom is -0.494 e. The minimum absolute atomic E-state index is 0.0682. The molecular weight excluding hydrogens is 364 g/mol. The van der Waals surface area contributed by atoms with E-state index in [9.17, 15) is 4.79 Å². The summed E-state index contributed by atoms with van der Waals surface area (Å²) < 4.78 is 11.8. The first-order valence-electron chi connectivity index (χ1n) is 11.5. The number of likely N-dealkylation sites (tertiary alicyclic amines) is 1. The van der Waals surface area contributed by atoms with Crippen molar-refractivity contribution in [3.63, 3.8) is 0 Å². The van der Waals surface area contributed by atoms with Crippen LogP contribution >= 0.6 is 0 Å². The number of carbonyl (C=O) groups is 1. The van der Waals surface area contributed by atoms with Crippen molar-refractivity contribution in [2.75, 3.05) is 38.2 Å². The molecule has 0 aromatic heterocycles. The van der Waals surface area contributed by atoms with Crippen LogP contribution in [-0.4, -0.2) is 49.3 Å². The Morgan fingerprint density at radius 1 is 1.03 bits per heavy atom. The van der Waals surface area contributed by atoms with Gasteiger partial charge >= 0.3 is 0 Å². The predicted molar refractivity (Wildman–Crippen MR) is 120 cm³/mol. The molecule has 0 radical (unpaired) electrons. The molecule has 5 heteroatoms. The van der Waals surface area contributed by atoms with Crippen molar-refractivity contribution in [3.8, 4) is 5.75 Å². The Labute approximate surface area is 177 Å². The zero-order chi connectivity index (χ0) is 21.0. The Hall–Kier alpha value is -1.59. The summed E-state index contributed by atoms with van der Waals surface area (Å²) in [5.41, 5.74) is -0.00290. The molecule has 1 atom stereocenters. The molecular formula is C24H40N2O3. The van der Waals surface area contributed by atoms with E-state index in [-0.39, 0.29) is 5.91 Å². The van der Waals surface area contributed by atoms with Crippen LogP contribution in [0.5, 0.6) is 5.75 Å². The third kappa shape index (κ3) is 8.35. The van der Waals surface area contributed by atoms with Gasteiger partial charge in [0.25, 0.3) is 5.91 Å². The van der Waals surface area contributed by atoms with E-state index in [0.29, 0.717) is 6.61 Å². The Morgan fingerprint density at radius 2 is 1.76 bits per heavy atom. The number of nitrogens with zero attached hydrogens (tertiary/aromatic N) is 1. The van der Waals surface area contributed by atoms with E-state index in [2.05, 4.69) is 24.1 Å². The number of anilines is 1. The average molecular weight is 405 g/mol. The van der Waals surface area contributed by atoms with Crippen LogP contribution in [0.15, 0.2) is 24.3 Å². The van der Waals surface area contributed by atoms with Crippen molar-refractivity contribution in [3.05, 3.63) is 24.3 Å². The van der Waals surface area contributed by atoms with Crippen LogP contribution in [0.2, 0.25) is 0 Å². The molecule has 0 spiro atoms. The van der Waals surface area contributed by atoms with E-state index in [4.69, 9.17) is 9.47 Å². The number of hydrogen-bond acceptors (Lipinski definition) is 4. The average Bonchev–Trinajstić information content (AvgIpc) is 3.24. The SMILES string of the molecule is CCCCC[C@@](C)(OCCC)C(=O)Nc1ccc(OCCCN2CCCC2)cc1. The van der Waals surface area contributed by atoms with Crippen molar-refractivity contribution >= 4 is 11.6 Å². The second kappa shape index (κ2) is 12.9. The summed E-state index contributed by atoms with van der Waals surface area (Å²) in [5.74, 6) is 0.777. The quantitative estimate of drug-likeness (QED) is 0.430. The predicted octanol–water partition coefficient (Wildman–Crippen LogP) is 5.26. The molecule has 0 saturated carbocycles. The molecule has 1 fully saturated rings. The molecule has 1 N–H and O–H groups in total. The van der Waals surface area contributed by atoms with Crippen molar-refractivity contribution < 1.29 is 14.3 Å². The molecule has 5 nitrogen and oxygen atoms in total. The number of amides is 1. The van der Waals surface area contributed by atoms with E-state index in [0.717, 1.165) is 63.1 Å². The van der Waals surface area contributed by atoms with Gasteiger partial charge in [0, 0.05) is 18.8 Å². The number of hydrogen-bond donors (Lipinski definition) is 1. The van der Waals surface area contributed by atoms with Crippen LogP contribution in [0.1, 0.15) is 72.1 Å². The van der Waals surface area contributed by atoms with Crippen molar-refractivity contribution in [2.24, 2.45) is 0 Å². The highest BCUT2D eigenvalue weighted by atomic mass is 16.5. The van der Waals surface area contributed by atoms with Gasteiger partial charge in [0.15, 0.2) is 0 Å². The number of nitrogens with one attached hydrogen (secondary N) is 1. The molecule has 0 aliphatic carbocycles. The third-order valence-electron chi connectivity index (χ3n) is 5.56. The summed E-state index contributed by atoms with van der Waals surface area (Å²) in [5, 5.41) is 3.02. The van der Waals surface area contributed by atoms with Gasteiger partial charge in [-0.3, -0.25) is 4.79 Å². The maximum absolute atomic E-state index is 12.9. The minimum atomic E-state index is -0.782. The first kappa shape index (κ1) is 23.7. The van der Waals surface area contributed by atoms with Gasteiger partial charge in [0.2, 0.25) is 0 Å². The van der Waals surface area contributed by atoms with Crippen LogP contribution in [0, 0.1) is 0 Å². The fourth-order valence-electron chi connectivity index (χ4n) is 3.67. The summed E-state index contributed by atoms with van der Waals surface area (Å²) in [6.45, 7) is 11.0. The van der Waals surface area contributed by atoms with Crippen molar-refractivity contribution in [1.82, 2.24) is 4.90 Å². The highest BCUT2D eigenvalue weighted by Crippen LogP contribution is 2.24. The van der Waals surface area contributed by atoms with Gasteiger partial charge in [-0.25, -0.2) is 0 Å². The zero-order valence-electron chi connectivity index (χ0n) is 18.7. The second-order valence-corrected chi connectivity index (χ2v) is 8.27. The summed E-state index contributed by atoms with van der Waals surface area (Å²) in [7, 11) is 0. The molecule has 1 aromatic carbocycles. The highest BCUT2D eigenvalue weighted by Gasteiger charge is 2.33. The number of unbranched alkanes of at least 4 members (excludes halogenated alkanes) is 2. The molecule has 1 aliphatic heterocycles. The maximum atomic E-state index is 12.9. The largest absolute Gasteiger partial charge is 0.494 e. The Balaban J connectivity index is 1.79. The number of benzene rings is 1. The lowest BCUT2D eigenvalue weighted by Crippen LogP contribution is -2.43. The van der Waals surface area contributed by atoms with Crippen molar-refractivity contribution in [2.45, 2.75) is 77.7 Å². The zero-order valence-corrected chi connectivity index (χ0v) is 18.7. The molecule has 0 bridgehead atoms.